The topological polar surface area (TPSA) is 115 Å². The third kappa shape index (κ3) is 7.77. The molecule has 0 aromatic carbocycles. The minimum absolute atomic E-state index is 0.222. The first-order valence-corrected chi connectivity index (χ1v) is 12.2. The fourth-order valence-electron chi connectivity index (χ4n) is 4.26. The Morgan fingerprint density at radius 2 is 1.94 bits per heavy atom. The zero-order chi connectivity index (χ0) is 26.3. The van der Waals surface area contributed by atoms with Crippen molar-refractivity contribution < 1.29 is 34.0 Å². The van der Waals surface area contributed by atoms with E-state index in [1.54, 1.807) is 20.8 Å². The van der Waals surface area contributed by atoms with Crippen LogP contribution in [0, 0.1) is 17.3 Å². The zero-order valence-corrected chi connectivity index (χ0v) is 22.0. The highest BCUT2D eigenvalue weighted by atomic mass is 16.7. The van der Waals surface area contributed by atoms with Crippen LogP contribution in [0.5, 0.6) is 0 Å². The van der Waals surface area contributed by atoms with Crippen LogP contribution in [0.25, 0.3) is 0 Å². The van der Waals surface area contributed by atoms with Crippen LogP contribution in [-0.2, 0) is 23.8 Å². The smallest absolute Gasteiger partial charge is 0.383 e. The maximum Gasteiger partial charge on any atom is 0.383 e. The fraction of sp³-hybridized carbons (Fsp3) is 0.667. The van der Waals surface area contributed by atoms with Gasteiger partial charge in [0.25, 0.3) is 0 Å². The van der Waals surface area contributed by atoms with E-state index in [9.17, 15) is 19.8 Å². The minimum Gasteiger partial charge on any atom is -0.457 e. The van der Waals surface area contributed by atoms with Gasteiger partial charge in [0.1, 0.15) is 24.5 Å². The predicted octanol–water partition coefficient (Wildman–Crippen LogP) is 3.52. The van der Waals surface area contributed by atoms with E-state index in [2.05, 4.69) is 4.99 Å². The number of cyclic esters (lactones) is 1. The van der Waals surface area contributed by atoms with Crippen molar-refractivity contribution in [3.63, 3.8) is 0 Å². The summed E-state index contributed by atoms with van der Waals surface area (Å²) in [5, 5.41) is 21.5. The van der Waals surface area contributed by atoms with Gasteiger partial charge in [0.05, 0.1) is 31.2 Å². The van der Waals surface area contributed by atoms with Gasteiger partial charge >= 0.3 is 12.1 Å². The van der Waals surface area contributed by atoms with E-state index >= 15 is 0 Å². The van der Waals surface area contributed by atoms with Crippen molar-refractivity contribution in [1.29, 1.82) is 0 Å². The summed E-state index contributed by atoms with van der Waals surface area (Å²) < 4.78 is 16.1. The van der Waals surface area contributed by atoms with Crippen molar-refractivity contribution in [1.82, 2.24) is 0 Å². The zero-order valence-electron chi connectivity index (χ0n) is 22.0. The molecule has 2 rings (SSSR count). The SMILES string of the molecule is COC1=NC(C=C(C)[C@@H]2CC=C(C)CC=C[C@H](C)[C@H](O)[C@@H](C)C(=O)C(C)(C)[C@@H](O)CC(=O)O2)CO1. The molecule has 0 aromatic rings. The second-order valence-corrected chi connectivity index (χ2v) is 10.2. The van der Waals surface area contributed by atoms with Gasteiger partial charge in [-0.3, -0.25) is 9.59 Å². The molecule has 0 bridgehead atoms. The molecule has 0 saturated heterocycles. The summed E-state index contributed by atoms with van der Waals surface area (Å²) in [5.41, 5.74) is 0.658. The van der Waals surface area contributed by atoms with Gasteiger partial charge in [-0.05, 0) is 25.8 Å². The van der Waals surface area contributed by atoms with Gasteiger partial charge in [-0.15, -0.1) is 0 Å². The second kappa shape index (κ2) is 12.5. The number of aliphatic hydroxyl groups excluding tert-OH is 2. The summed E-state index contributed by atoms with van der Waals surface area (Å²) in [6, 6.07) is -0.242. The standard InChI is InChI=1S/C27H41NO7/c1-16-9-8-10-17(2)24(31)19(4)25(32)27(5,6)22(29)14-23(30)35-21(12-11-16)18(3)13-20-15-34-26(28-20)33-7/h8,10-11,13,17,19-22,24,29,31H,9,12,14-15H2,1-7H3/t17-,19+,20?,21-,22-,24-/m0/s1. The lowest BCUT2D eigenvalue weighted by Gasteiger charge is -2.34. The Kier molecular flexibility index (Phi) is 10.3. The van der Waals surface area contributed by atoms with Gasteiger partial charge in [-0.1, -0.05) is 57.6 Å². The molecule has 2 N–H and O–H groups in total. The highest BCUT2D eigenvalue weighted by Crippen LogP contribution is 2.31. The largest absolute Gasteiger partial charge is 0.457 e. The predicted molar refractivity (Wildman–Crippen MR) is 134 cm³/mol. The molecule has 0 fully saturated rings. The van der Waals surface area contributed by atoms with Crippen molar-refractivity contribution in [3.05, 3.63) is 35.5 Å². The lowest BCUT2D eigenvalue weighted by molar-refractivity contribution is -0.154. The number of carbonyl (C=O) groups is 2. The molecular formula is C27H41NO7. The number of nitrogens with zero attached hydrogens (tertiary/aromatic N) is 1. The van der Waals surface area contributed by atoms with E-state index in [0.717, 1.165) is 11.1 Å². The van der Waals surface area contributed by atoms with Crippen molar-refractivity contribution >= 4 is 17.8 Å². The lowest BCUT2D eigenvalue weighted by Crippen LogP contribution is -2.45. The van der Waals surface area contributed by atoms with Gasteiger partial charge in [0, 0.05) is 18.3 Å². The molecule has 0 amide bonds. The van der Waals surface area contributed by atoms with Crippen LogP contribution in [-0.4, -0.2) is 66.1 Å². The number of ether oxygens (including phenoxy) is 3. The van der Waals surface area contributed by atoms with E-state index in [1.807, 2.05) is 45.1 Å². The summed E-state index contributed by atoms with van der Waals surface area (Å²) in [7, 11) is 1.49. The van der Waals surface area contributed by atoms with Crippen LogP contribution in [0.4, 0.5) is 0 Å². The Bertz CT molecular complexity index is 886. The monoisotopic (exact) mass is 491 g/mol. The number of hydrogen-bond acceptors (Lipinski definition) is 8. The van der Waals surface area contributed by atoms with Gasteiger partial charge in [0.15, 0.2) is 0 Å². The lowest BCUT2D eigenvalue weighted by atomic mass is 9.73. The quantitative estimate of drug-likeness (QED) is 0.449. The number of allylic oxidation sites excluding steroid dienone is 2. The van der Waals surface area contributed by atoms with E-state index < -0.39 is 35.6 Å². The Morgan fingerprint density at radius 1 is 1.26 bits per heavy atom. The average Bonchev–Trinajstić information content (AvgIpc) is 3.26. The van der Waals surface area contributed by atoms with Crippen LogP contribution in [0.2, 0.25) is 0 Å². The molecule has 0 aliphatic carbocycles. The van der Waals surface area contributed by atoms with E-state index in [-0.39, 0.29) is 30.2 Å². The normalized spacial score (nSPS) is 33.5. The average molecular weight is 492 g/mol. The van der Waals surface area contributed by atoms with E-state index in [4.69, 9.17) is 14.2 Å². The molecule has 6 atom stereocenters. The number of Topliss-reactive ketones (excluding diaryl/α,β-unsaturated/α-hetero) is 1. The summed E-state index contributed by atoms with van der Waals surface area (Å²) in [5.74, 6) is -1.84. The van der Waals surface area contributed by atoms with Crippen LogP contribution in [0.1, 0.15) is 60.8 Å². The maximum atomic E-state index is 13.2. The molecule has 1 unspecified atom stereocenters. The molecule has 0 saturated carbocycles. The molecule has 8 nitrogen and oxygen atoms in total. The number of hydrogen-bond donors (Lipinski definition) is 2. The Labute approximate surface area is 208 Å². The van der Waals surface area contributed by atoms with Gasteiger partial charge in [0.2, 0.25) is 0 Å². The van der Waals surface area contributed by atoms with Crippen molar-refractivity contribution in [2.75, 3.05) is 13.7 Å². The molecule has 8 heteroatoms. The van der Waals surface area contributed by atoms with Crippen LogP contribution < -0.4 is 0 Å². The molecule has 35 heavy (non-hydrogen) atoms. The minimum atomic E-state index is -1.25. The van der Waals surface area contributed by atoms with E-state index in [0.29, 0.717) is 19.4 Å². The first-order valence-electron chi connectivity index (χ1n) is 12.2. The Hall–Kier alpha value is -2.45. The first kappa shape index (κ1) is 28.8. The van der Waals surface area contributed by atoms with Crippen LogP contribution in [0.15, 0.2) is 40.4 Å². The highest BCUT2D eigenvalue weighted by molar-refractivity contribution is 5.88. The number of carbonyl (C=O) groups excluding carboxylic acids is 2. The van der Waals surface area contributed by atoms with E-state index in [1.165, 1.54) is 7.11 Å². The number of rotatable bonds is 2. The number of methoxy groups -OCH3 is 1. The van der Waals surface area contributed by atoms with Gasteiger partial charge < -0.3 is 24.4 Å². The number of esters is 1. The van der Waals surface area contributed by atoms with Crippen molar-refractivity contribution in [2.24, 2.45) is 22.2 Å². The molecule has 196 valence electrons. The van der Waals surface area contributed by atoms with Gasteiger partial charge in [-0.2, -0.15) is 0 Å². The summed E-state index contributed by atoms with van der Waals surface area (Å²) in [6.07, 6.45) is 6.11. The van der Waals surface area contributed by atoms with Crippen LogP contribution in [0.3, 0.4) is 0 Å². The van der Waals surface area contributed by atoms with Gasteiger partial charge in [-0.25, -0.2) is 4.99 Å². The maximum absolute atomic E-state index is 13.2. The number of ketones is 1. The molecule has 0 radical (unpaired) electrons. The number of aliphatic hydroxyl groups is 2. The van der Waals surface area contributed by atoms with Crippen molar-refractivity contribution in [3.8, 4) is 0 Å². The Morgan fingerprint density at radius 3 is 2.57 bits per heavy atom. The third-order valence-corrected chi connectivity index (χ3v) is 6.91. The first-order chi connectivity index (χ1) is 16.4. The second-order valence-electron chi connectivity index (χ2n) is 10.2. The summed E-state index contributed by atoms with van der Waals surface area (Å²) >= 11 is 0. The Balaban J connectivity index is 2.34. The summed E-state index contributed by atoms with van der Waals surface area (Å²) in [6.45, 7) is 10.9. The molecule has 2 aliphatic rings. The molecule has 2 heterocycles. The van der Waals surface area contributed by atoms with Crippen molar-refractivity contribution in [2.45, 2.75) is 85.2 Å². The molecular weight excluding hydrogens is 450 g/mol. The molecule has 0 spiro atoms. The highest BCUT2D eigenvalue weighted by Gasteiger charge is 2.42. The third-order valence-electron chi connectivity index (χ3n) is 6.91. The fourth-order valence-corrected chi connectivity index (χ4v) is 4.26. The molecule has 2 aliphatic heterocycles. The molecule has 0 aromatic heterocycles. The summed E-state index contributed by atoms with van der Waals surface area (Å²) in [4.78, 5) is 30.3. The number of aliphatic imine (C=N–C) groups is 1. The van der Waals surface area contributed by atoms with Crippen LogP contribution >= 0.6 is 0 Å².